The first-order valence-corrected chi connectivity index (χ1v) is 11.0. The topological polar surface area (TPSA) is 127 Å². The van der Waals surface area contributed by atoms with Gasteiger partial charge < -0.3 is 11.5 Å². The maximum atomic E-state index is 8.74. The third kappa shape index (κ3) is 59.4. The third-order valence-electron chi connectivity index (χ3n) is 3.47. The van der Waals surface area contributed by atoms with E-state index >= 15 is 0 Å². The fourth-order valence-electron chi connectivity index (χ4n) is 2.10. The first-order valence-electron chi connectivity index (χ1n) is 9.64. The van der Waals surface area contributed by atoms with E-state index in [2.05, 4.69) is 27.7 Å². The molecule has 0 unspecified atom stereocenters. The summed E-state index contributed by atoms with van der Waals surface area (Å²) in [5.74, 6) is 1.75. The largest absolute Gasteiger partial charge is 0.394 e. The van der Waals surface area contributed by atoms with Crippen LogP contribution in [-0.4, -0.2) is 30.6 Å². The lowest BCUT2D eigenvalue weighted by molar-refractivity contribution is 0.381. The minimum absolute atomic E-state index is 0.863. The molecule has 25 heavy (non-hydrogen) atoms. The Labute approximate surface area is 156 Å². The Hall–Kier alpha value is -0.210. The second-order valence-electron chi connectivity index (χ2n) is 7.22. The number of rotatable bonds is 12. The zero-order valence-corrected chi connectivity index (χ0v) is 17.7. The molecule has 0 amide bonds. The molecule has 0 fully saturated rings. The van der Waals surface area contributed by atoms with E-state index in [-0.39, 0.29) is 0 Å². The first kappa shape index (κ1) is 29.5. The van der Waals surface area contributed by atoms with Crippen LogP contribution in [0.3, 0.4) is 0 Å². The van der Waals surface area contributed by atoms with Gasteiger partial charge in [-0.15, -0.1) is 0 Å². The summed E-state index contributed by atoms with van der Waals surface area (Å²) >= 11 is 0. The zero-order chi connectivity index (χ0) is 20.1. The van der Waals surface area contributed by atoms with Crippen molar-refractivity contribution in [3.63, 3.8) is 0 Å². The Kier molecular flexibility index (Phi) is 25.8. The van der Waals surface area contributed by atoms with Crippen molar-refractivity contribution in [2.75, 3.05) is 13.1 Å². The van der Waals surface area contributed by atoms with Crippen molar-refractivity contribution >= 4 is 10.4 Å². The fraction of sp³-hybridized carbons (Fsp3) is 1.00. The summed E-state index contributed by atoms with van der Waals surface area (Å²) in [5, 5.41) is 0. The van der Waals surface area contributed by atoms with Crippen molar-refractivity contribution < 1.29 is 17.5 Å². The normalized spacial score (nSPS) is 11.0. The average Bonchev–Trinajstić information content (AvgIpc) is 2.45. The molecular weight excluding hydrogens is 340 g/mol. The van der Waals surface area contributed by atoms with Crippen molar-refractivity contribution in [3.8, 4) is 0 Å². The van der Waals surface area contributed by atoms with Crippen LogP contribution in [0.2, 0.25) is 0 Å². The molecule has 0 aromatic heterocycles. The van der Waals surface area contributed by atoms with Crippen LogP contribution in [0.25, 0.3) is 0 Å². The molecule has 0 spiro atoms. The van der Waals surface area contributed by atoms with Crippen LogP contribution in [0.4, 0.5) is 0 Å². The molecule has 0 bridgehead atoms. The molecule has 6 N–H and O–H groups in total. The van der Waals surface area contributed by atoms with Crippen molar-refractivity contribution in [1.82, 2.24) is 0 Å². The summed E-state index contributed by atoms with van der Waals surface area (Å²) in [6.07, 6.45) is 13.3. The fourth-order valence-corrected chi connectivity index (χ4v) is 2.10. The Morgan fingerprint density at radius 3 is 1.08 bits per heavy atom. The molecule has 0 saturated heterocycles. The van der Waals surface area contributed by atoms with Crippen LogP contribution >= 0.6 is 0 Å². The second kappa shape index (κ2) is 21.8. The molecule has 0 aromatic carbocycles. The van der Waals surface area contributed by atoms with E-state index in [1.807, 2.05) is 0 Å². The van der Waals surface area contributed by atoms with E-state index < -0.39 is 10.4 Å². The third-order valence-corrected chi connectivity index (χ3v) is 3.47. The summed E-state index contributed by atoms with van der Waals surface area (Å²) in [4.78, 5) is 0. The van der Waals surface area contributed by atoms with E-state index in [0.29, 0.717) is 0 Å². The molecule has 156 valence electrons. The summed E-state index contributed by atoms with van der Waals surface area (Å²) in [6, 6.07) is 0. The second-order valence-corrected chi connectivity index (χ2v) is 8.11. The molecule has 0 aliphatic heterocycles. The van der Waals surface area contributed by atoms with E-state index in [1.54, 1.807) is 0 Å². The number of hydrogen-bond donors (Lipinski definition) is 4. The van der Waals surface area contributed by atoms with Gasteiger partial charge in [-0.2, -0.15) is 8.42 Å². The predicted octanol–water partition coefficient (Wildman–Crippen LogP) is 4.45. The molecule has 0 saturated carbocycles. The van der Waals surface area contributed by atoms with Crippen molar-refractivity contribution in [2.45, 2.75) is 91.9 Å². The van der Waals surface area contributed by atoms with Gasteiger partial charge in [-0.3, -0.25) is 9.11 Å². The minimum atomic E-state index is -4.67. The molecule has 0 rings (SSSR count). The minimum Gasteiger partial charge on any atom is -0.330 e. The lowest BCUT2D eigenvalue weighted by Crippen LogP contribution is -1.97. The van der Waals surface area contributed by atoms with Gasteiger partial charge in [0.2, 0.25) is 0 Å². The number of unbranched alkanes of at least 4 members (excludes halogenated alkanes) is 6. The summed E-state index contributed by atoms with van der Waals surface area (Å²) < 4.78 is 31.6. The predicted molar refractivity (Wildman–Crippen MR) is 108 cm³/mol. The molecule has 0 radical (unpaired) electrons. The maximum absolute atomic E-state index is 8.74. The van der Waals surface area contributed by atoms with E-state index in [4.69, 9.17) is 29.0 Å². The molecule has 7 heteroatoms. The summed E-state index contributed by atoms with van der Waals surface area (Å²) in [7, 11) is -4.67. The molecule has 0 heterocycles. The SMILES string of the molecule is CC(C)CCCCCCN.CC(C)CCCCCCN.O=S(=O)(O)O. The Bertz CT molecular complexity index is 308. The van der Waals surface area contributed by atoms with Gasteiger partial charge in [-0.25, -0.2) is 0 Å². The van der Waals surface area contributed by atoms with Crippen LogP contribution in [0, 0.1) is 11.8 Å². The number of hydrogen-bond acceptors (Lipinski definition) is 4. The summed E-state index contributed by atoms with van der Waals surface area (Å²) in [5.41, 5.74) is 10.7. The molecule has 0 atom stereocenters. The van der Waals surface area contributed by atoms with E-state index in [1.165, 1.54) is 64.2 Å². The molecule has 0 aliphatic carbocycles. The van der Waals surface area contributed by atoms with Crippen LogP contribution in [0.5, 0.6) is 0 Å². The quantitative estimate of drug-likeness (QED) is 0.291. The lowest BCUT2D eigenvalue weighted by atomic mass is 10.0. The van der Waals surface area contributed by atoms with Crippen LogP contribution in [-0.2, 0) is 10.4 Å². The van der Waals surface area contributed by atoms with Gasteiger partial charge in [-0.1, -0.05) is 79.1 Å². The monoisotopic (exact) mass is 384 g/mol. The van der Waals surface area contributed by atoms with Crippen molar-refractivity contribution in [1.29, 1.82) is 0 Å². The molecule has 6 nitrogen and oxygen atoms in total. The van der Waals surface area contributed by atoms with Gasteiger partial charge in [0.05, 0.1) is 0 Å². The highest BCUT2D eigenvalue weighted by atomic mass is 32.3. The molecular formula is C18H44N2O4S. The smallest absolute Gasteiger partial charge is 0.330 e. The van der Waals surface area contributed by atoms with Crippen molar-refractivity contribution in [2.24, 2.45) is 23.3 Å². The van der Waals surface area contributed by atoms with Gasteiger partial charge >= 0.3 is 10.4 Å². The highest BCUT2D eigenvalue weighted by Crippen LogP contribution is 2.09. The van der Waals surface area contributed by atoms with E-state index in [9.17, 15) is 0 Å². The Morgan fingerprint density at radius 1 is 0.640 bits per heavy atom. The van der Waals surface area contributed by atoms with Crippen molar-refractivity contribution in [3.05, 3.63) is 0 Å². The Balaban J connectivity index is -0.000000308. The Morgan fingerprint density at radius 2 is 0.880 bits per heavy atom. The number of nitrogens with two attached hydrogens (primary N) is 2. The van der Waals surface area contributed by atoms with Crippen LogP contribution < -0.4 is 11.5 Å². The standard InChI is InChI=1S/2C9H21N.H2O4S/c2*1-9(2)7-5-3-4-6-8-10;1-5(2,3)4/h2*9H,3-8,10H2,1-2H3;(H2,1,2,3,4). The first-order chi connectivity index (χ1) is 11.5. The van der Waals surface area contributed by atoms with Gasteiger partial charge in [0.1, 0.15) is 0 Å². The van der Waals surface area contributed by atoms with Gasteiger partial charge in [0, 0.05) is 0 Å². The zero-order valence-electron chi connectivity index (χ0n) is 16.9. The van der Waals surface area contributed by atoms with Gasteiger partial charge in [0.15, 0.2) is 0 Å². The molecule has 0 aromatic rings. The highest BCUT2D eigenvalue weighted by molar-refractivity contribution is 7.79. The van der Waals surface area contributed by atoms with Gasteiger partial charge in [-0.05, 0) is 37.8 Å². The van der Waals surface area contributed by atoms with Gasteiger partial charge in [0.25, 0.3) is 0 Å². The average molecular weight is 385 g/mol. The van der Waals surface area contributed by atoms with Crippen LogP contribution in [0.15, 0.2) is 0 Å². The maximum Gasteiger partial charge on any atom is 0.394 e. The highest BCUT2D eigenvalue weighted by Gasteiger charge is 1.93. The lowest BCUT2D eigenvalue weighted by Gasteiger charge is -2.02. The summed E-state index contributed by atoms with van der Waals surface area (Å²) in [6.45, 7) is 10.8. The van der Waals surface area contributed by atoms with Crippen LogP contribution in [0.1, 0.15) is 91.9 Å². The van der Waals surface area contributed by atoms with E-state index in [0.717, 1.165) is 24.9 Å². The molecule has 0 aliphatic rings.